The molecule has 176 valence electrons. The lowest BCUT2D eigenvalue weighted by molar-refractivity contribution is -0.123. The maximum atomic E-state index is 13.0. The number of hydrogen-bond donors (Lipinski definition) is 1. The third kappa shape index (κ3) is 4.26. The van der Waals surface area contributed by atoms with E-state index >= 15 is 0 Å². The summed E-state index contributed by atoms with van der Waals surface area (Å²) in [6.07, 6.45) is 0.782. The van der Waals surface area contributed by atoms with Crippen molar-refractivity contribution in [2.75, 3.05) is 11.6 Å². The summed E-state index contributed by atoms with van der Waals surface area (Å²) in [4.78, 5) is 38.8. The molecular weight excluding hydrogens is 454 g/mol. The fraction of sp³-hybridized carbons (Fsp3) is 0.240. The lowest BCUT2D eigenvalue weighted by Crippen LogP contribution is -2.32. The van der Waals surface area contributed by atoms with Crippen molar-refractivity contribution in [1.29, 1.82) is 0 Å². The van der Waals surface area contributed by atoms with Crippen LogP contribution in [0.25, 0.3) is 16.7 Å². The van der Waals surface area contributed by atoms with Crippen LogP contribution < -0.4 is 10.9 Å². The lowest BCUT2D eigenvalue weighted by atomic mass is 10.1. The number of carbonyl (C=O) groups excluding carboxylic acids is 2. The van der Waals surface area contributed by atoms with E-state index in [9.17, 15) is 14.4 Å². The number of carbonyl (C=O) groups is 2. The second kappa shape index (κ2) is 9.64. The van der Waals surface area contributed by atoms with E-state index in [1.807, 2.05) is 42.7 Å². The number of furan rings is 1. The molecule has 0 aliphatic rings. The highest BCUT2D eigenvalue weighted by Gasteiger charge is 2.27. The van der Waals surface area contributed by atoms with Crippen molar-refractivity contribution in [1.82, 2.24) is 9.36 Å². The van der Waals surface area contributed by atoms with Crippen molar-refractivity contribution >= 4 is 40.3 Å². The summed E-state index contributed by atoms with van der Waals surface area (Å²) in [6.45, 7) is 3.19. The van der Waals surface area contributed by atoms with Gasteiger partial charge in [0.15, 0.2) is 6.10 Å². The normalized spacial score (nSPS) is 12.0. The summed E-state index contributed by atoms with van der Waals surface area (Å²) >= 11 is 1.55. The van der Waals surface area contributed by atoms with Crippen LogP contribution in [-0.4, -0.2) is 33.6 Å². The van der Waals surface area contributed by atoms with E-state index in [1.54, 1.807) is 48.6 Å². The van der Waals surface area contributed by atoms with Crippen molar-refractivity contribution in [3.05, 3.63) is 82.0 Å². The van der Waals surface area contributed by atoms with Gasteiger partial charge < -0.3 is 14.5 Å². The number of amides is 1. The highest BCUT2D eigenvalue weighted by Crippen LogP contribution is 2.29. The van der Waals surface area contributed by atoms with Gasteiger partial charge in [-0.05, 0) is 38.3 Å². The van der Waals surface area contributed by atoms with Gasteiger partial charge in [-0.3, -0.25) is 14.3 Å². The SMILES string of the molecule is CSCc1c(C(=O)O[C@@H](C)C(=O)Nc2c(C)n(C)n(-c3ccccc3)c2=O)oc2ccccc12. The van der Waals surface area contributed by atoms with E-state index in [0.29, 0.717) is 22.7 Å². The van der Waals surface area contributed by atoms with Crippen LogP contribution in [0.2, 0.25) is 0 Å². The summed E-state index contributed by atoms with van der Waals surface area (Å²) in [5.74, 6) is -0.696. The molecule has 1 atom stereocenters. The average Bonchev–Trinajstić information content (AvgIpc) is 3.30. The Morgan fingerprint density at radius 3 is 2.50 bits per heavy atom. The molecule has 4 aromatic rings. The molecule has 0 saturated heterocycles. The summed E-state index contributed by atoms with van der Waals surface area (Å²) in [5, 5.41) is 3.46. The number of esters is 1. The first-order chi connectivity index (χ1) is 16.3. The number of hydrogen-bond acceptors (Lipinski definition) is 6. The van der Waals surface area contributed by atoms with E-state index in [-0.39, 0.29) is 17.0 Å². The number of thioether (sulfide) groups is 1. The Bertz CT molecular complexity index is 1420. The van der Waals surface area contributed by atoms with Crippen LogP contribution >= 0.6 is 11.8 Å². The van der Waals surface area contributed by atoms with Crippen LogP contribution in [0.3, 0.4) is 0 Å². The monoisotopic (exact) mass is 479 g/mol. The molecule has 0 spiro atoms. The van der Waals surface area contributed by atoms with Crippen molar-refractivity contribution in [3.8, 4) is 5.69 Å². The van der Waals surface area contributed by atoms with Crippen LogP contribution in [0.1, 0.15) is 28.7 Å². The number of ether oxygens (including phenoxy) is 1. The molecule has 0 radical (unpaired) electrons. The molecule has 9 heteroatoms. The van der Waals surface area contributed by atoms with Crippen LogP contribution in [-0.2, 0) is 22.3 Å². The lowest BCUT2D eigenvalue weighted by Gasteiger charge is -2.12. The predicted molar refractivity (Wildman–Crippen MR) is 133 cm³/mol. The fourth-order valence-electron chi connectivity index (χ4n) is 3.76. The van der Waals surface area contributed by atoms with E-state index in [4.69, 9.17) is 9.15 Å². The third-order valence-electron chi connectivity index (χ3n) is 5.63. The van der Waals surface area contributed by atoms with E-state index in [2.05, 4.69) is 5.32 Å². The van der Waals surface area contributed by atoms with Gasteiger partial charge in [-0.1, -0.05) is 36.4 Å². The van der Waals surface area contributed by atoms with Gasteiger partial charge in [0.2, 0.25) is 5.76 Å². The Morgan fingerprint density at radius 2 is 1.79 bits per heavy atom. The minimum absolute atomic E-state index is 0.0810. The first-order valence-corrected chi connectivity index (χ1v) is 12.1. The molecule has 4 rings (SSSR count). The summed E-state index contributed by atoms with van der Waals surface area (Å²) in [5.41, 5.74) is 2.30. The Morgan fingerprint density at radius 1 is 1.12 bits per heavy atom. The van der Waals surface area contributed by atoms with Gasteiger partial charge >= 0.3 is 5.97 Å². The Balaban J connectivity index is 1.55. The number of rotatable bonds is 7. The summed E-state index contributed by atoms with van der Waals surface area (Å²) in [6, 6.07) is 16.5. The van der Waals surface area contributed by atoms with Gasteiger partial charge in [-0.2, -0.15) is 11.8 Å². The van der Waals surface area contributed by atoms with Crippen molar-refractivity contribution in [2.45, 2.75) is 25.7 Å². The maximum absolute atomic E-state index is 13.0. The summed E-state index contributed by atoms with van der Waals surface area (Å²) in [7, 11) is 1.73. The highest BCUT2D eigenvalue weighted by molar-refractivity contribution is 7.97. The molecule has 1 N–H and O–H groups in total. The number of nitrogens with zero attached hydrogens (tertiary/aromatic N) is 2. The fourth-order valence-corrected chi connectivity index (χ4v) is 4.33. The number of benzene rings is 2. The van der Waals surface area contributed by atoms with Crippen molar-refractivity contribution in [2.24, 2.45) is 7.05 Å². The van der Waals surface area contributed by atoms with Gasteiger partial charge in [0.1, 0.15) is 11.3 Å². The molecule has 0 unspecified atom stereocenters. The van der Waals surface area contributed by atoms with E-state index < -0.39 is 18.0 Å². The minimum atomic E-state index is -1.15. The molecule has 0 saturated carbocycles. The molecule has 34 heavy (non-hydrogen) atoms. The first kappa shape index (κ1) is 23.4. The zero-order valence-corrected chi connectivity index (χ0v) is 20.1. The zero-order chi connectivity index (χ0) is 24.4. The largest absolute Gasteiger partial charge is 0.449 e. The molecule has 2 aromatic carbocycles. The molecule has 2 aromatic heterocycles. The molecule has 2 heterocycles. The number of fused-ring (bicyclic) bond motifs is 1. The van der Waals surface area contributed by atoms with Gasteiger partial charge in [0, 0.05) is 23.8 Å². The highest BCUT2D eigenvalue weighted by atomic mass is 32.2. The molecular formula is C25H25N3O5S. The second-order valence-electron chi connectivity index (χ2n) is 7.81. The third-order valence-corrected chi connectivity index (χ3v) is 6.21. The number of aromatic nitrogens is 2. The molecule has 0 fully saturated rings. The number of para-hydroxylation sites is 2. The van der Waals surface area contributed by atoms with Gasteiger partial charge in [-0.25, -0.2) is 9.48 Å². The van der Waals surface area contributed by atoms with Crippen LogP contribution in [0, 0.1) is 6.92 Å². The maximum Gasteiger partial charge on any atom is 0.375 e. The minimum Gasteiger partial charge on any atom is -0.449 e. The van der Waals surface area contributed by atoms with Crippen LogP contribution in [0.4, 0.5) is 5.69 Å². The van der Waals surface area contributed by atoms with Gasteiger partial charge in [0.25, 0.3) is 11.5 Å². The predicted octanol–water partition coefficient (Wildman–Crippen LogP) is 4.28. The first-order valence-electron chi connectivity index (χ1n) is 10.7. The molecule has 0 aliphatic carbocycles. The van der Waals surface area contributed by atoms with Crippen LogP contribution in [0.15, 0.2) is 63.8 Å². The molecule has 0 aliphatic heterocycles. The average molecular weight is 480 g/mol. The van der Waals surface area contributed by atoms with Gasteiger partial charge in [-0.15, -0.1) is 0 Å². The smallest absolute Gasteiger partial charge is 0.375 e. The number of anilines is 1. The molecule has 0 bridgehead atoms. The topological polar surface area (TPSA) is 95.5 Å². The van der Waals surface area contributed by atoms with Crippen molar-refractivity contribution in [3.63, 3.8) is 0 Å². The van der Waals surface area contributed by atoms with Crippen molar-refractivity contribution < 1.29 is 18.7 Å². The van der Waals surface area contributed by atoms with Crippen LogP contribution in [0.5, 0.6) is 0 Å². The number of nitrogens with one attached hydrogen (secondary N) is 1. The Labute approximate surface area is 200 Å². The Hall–Kier alpha value is -3.72. The zero-order valence-electron chi connectivity index (χ0n) is 19.3. The summed E-state index contributed by atoms with van der Waals surface area (Å²) < 4.78 is 14.3. The second-order valence-corrected chi connectivity index (χ2v) is 8.68. The standard InChI is InChI=1S/C25H25N3O5S/c1-15-21(24(30)28(27(15)3)17-10-6-5-7-11-17)26-23(29)16(2)32-25(31)22-19(14-34-4)18-12-8-9-13-20(18)33-22/h5-13,16H,14H2,1-4H3,(H,26,29)/t16-/m0/s1. The van der Waals surface area contributed by atoms with Gasteiger partial charge in [0.05, 0.1) is 11.4 Å². The molecule has 1 amide bonds. The van der Waals surface area contributed by atoms with E-state index in [1.165, 1.54) is 11.6 Å². The van der Waals surface area contributed by atoms with E-state index in [0.717, 1.165) is 10.9 Å². The quantitative estimate of drug-likeness (QED) is 0.398. The Kier molecular flexibility index (Phi) is 6.65. The molecule has 8 nitrogen and oxygen atoms in total.